The van der Waals surface area contributed by atoms with E-state index < -0.39 is 17.7 Å². The summed E-state index contributed by atoms with van der Waals surface area (Å²) in [6, 6.07) is 3.14. The van der Waals surface area contributed by atoms with E-state index in [4.69, 9.17) is 4.42 Å². The molecule has 1 aromatic rings. The molecule has 1 aromatic heterocycles. The normalized spacial score (nSPS) is 13.3. The van der Waals surface area contributed by atoms with Crippen LogP contribution in [-0.4, -0.2) is 12.0 Å². The van der Waals surface area contributed by atoms with E-state index in [1.165, 1.54) is 12.3 Å². The zero-order chi connectivity index (χ0) is 12.2. The van der Waals surface area contributed by atoms with Gasteiger partial charge in [-0.1, -0.05) is 0 Å². The molecule has 0 atom stereocenters. The number of alkyl halides is 3. The average Bonchev–Trinajstić information content (AvgIpc) is 2.65. The summed E-state index contributed by atoms with van der Waals surface area (Å²) in [7, 11) is 0. The topological polar surface area (TPSA) is 56.2 Å². The number of halogens is 3. The zero-order valence-electron chi connectivity index (χ0n) is 7.99. The molecule has 0 aliphatic heterocycles. The van der Waals surface area contributed by atoms with Gasteiger partial charge in [-0.25, -0.2) is 0 Å². The molecule has 0 spiro atoms. The smallest absolute Gasteiger partial charge is 0.430 e. The molecule has 0 saturated carbocycles. The Hall–Kier alpha value is -1.98. The lowest BCUT2D eigenvalue weighted by atomic mass is 10.2. The lowest BCUT2D eigenvalue weighted by Crippen LogP contribution is -2.20. The van der Waals surface area contributed by atoms with Gasteiger partial charge >= 0.3 is 6.18 Å². The Bertz CT molecular complexity index is 416. The quantitative estimate of drug-likeness (QED) is 0.812. The minimum Gasteiger partial charge on any atom is -0.465 e. The predicted octanol–water partition coefficient (Wildman–Crippen LogP) is 2.27. The summed E-state index contributed by atoms with van der Waals surface area (Å²) in [5.41, 5.74) is 3.23. The van der Waals surface area contributed by atoms with E-state index in [9.17, 15) is 18.0 Å². The number of allylic oxidation sites excluding steroid dienone is 3. The van der Waals surface area contributed by atoms with Gasteiger partial charge in [0.25, 0.3) is 0 Å². The molecule has 0 radical (unpaired) electrons. The van der Waals surface area contributed by atoms with Crippen LogP contribution in [-0.2, 0) is 4.79 Å². The molecule has 1 heterocycles. The molecule has 0 aliphatic rings. The Labute approximate surface area is 89.0 Å². The molecule has 3 nitrogen and oxygen atoms in total. The molecule has 0 aromatic carbocycles. The van der Waals surface area contributed by atoms with Gasteiger partial charge in [0.2, 0.25) is 0 Å². The monoisotopic (exact) mass is 231 g/mol. The number of furan rings is 1. The third-order valence-electron chi connectivity index (χ3n) is 1.58. The molecule has 0 unspecified atom stereocenters. The minimum absolute atomic E-state index is 0.319. The molecular formula is C10H8F3NO2. The van der Waals surface area contributed by atoms with E-state index in [1.54, 1.807) is 12.1 Å². The maximum absolute atomic E-state index is 11.9. The van der Waals surface area contributed by atoms with E-state index >= 15 is 0 Å². The van der Waals surface area contributed by atoms with Crippen molar-refractivity contribution in [2.24, 2.45) is 5.73 Å². The Balaban J connectivity index is 2.67. The third-order valence-corrected chi connectivity index (χ3v) is 1.58. The van der Waals surface area contributed by atoms with Crippen LogP contribution in [0.5, 0.6) is 0 Å². The summed E-state index contributed by atoms with van der Waals surface area (Å²) in [6.07, 6.45) is -0.794. The van der Waals surface area contributed by atoms with Crippen LogP contribution < -0.4 is 5.73 Å². The van der Waals surface area contributed by atoms with Gasteiger partial charge in [0.05, 0.1) is 6.26 Å². The average molecular weight is 231 g/mol. The van der Waals surface area contributed by atoms with Crippen molar-refractivity contribution >= 4 is 11.9 Å². The highest BCUT2D eigenvalue weighted by atomic mass is 19.4. The minimum atomic E-state index is -4.69. The van der Waals surface area contributed by atoms with Crippen molar-refractivity contribution in [2.75, 3.05) is 0 Å². The van der Waals surface area contributed by atoms with Crippen molar-refractivity contribution in [3.63, 3.8) is 0 Å². The van der Waals surface area contributed by atoms with Crippen molar-refractivity contribution in [3.8, 4) is 0 Å². The van der Waals surface area contributed by atoms with E-state index in [0.717, 1.165) is 6.08 Å². The molecule has 86 valence electrons. The largest absolute Gasteiger partial charge is 0.465 e. The van der Waals surface area contributed by atoms with E-state index in [0.29, 0.717) is 11.8 Å². The summed E-state index contributed by atoms with van der Waals surface area (Å²) >= 11 is 0. The molecule has 0 amide bonds. The number of carbonyl (C=O) groups excluding carboxylic acids is 1. The van der Waals surface area contributed by atoms with Crippen molar-refractivity contribution in [1.82, 2.24) is 0 Å². The predicted molar refractivity (Wildman–Crippen MR) is 51.1 cm³/mol. The Kier molecular flexibility index (Phi) is 3.55. The maximum Gasteiger partial charge on any atom is 0.430 e. The second kappa shape index (κ2) is 4.69. The van der Waals surface area contributed by atoms with Crippen molar-refractivity contribution < 1.29 is 22.4 Å². The van der Waals surface area contributed by atoms with Crippen LogP contribution in [0.1, 0.15) is 5.76 Å². The summed E-state index contributed by atoms with van der Waals surface area (Å²) in [6.45, 7) is 0. The summed E-state index contributed by atoms with van der Waals surface area (Å²) < 4.78 is 40.6. The number of carbonyl (C=O) groups is 1. The number of nitrogens with two attached hydrogens (primary N) is 1. The fourth-order valence-electron chi connectivity index (χ4n) is 0.834. The fourth-order valence-corrected chi connectivity index (χ4v) is 0.834. The van der Waals surface area contributed by atoms with Crippen molar-refractivity contribution in [2.45, 2.75) is 6.18 Å². The van der Waals surface area contributed by atoms with Crippen LogP contribution in [0.25, 0.3) is 6.08 Å². The van der Waals surface area contributed by atoms with E-state index in [-0.39, 0.29) is 0 Å². The molecule has 0 bridgehead atoms. The van der Waals surface area contributed by atoms with Gasteiger partial charge in [-0.15, -0.1) is 0 Å². The Morgan fingerprint density at radius 2 is 2.12 bits per heavy atom. The molecule has 0 aliphatic carbocycles. The van der Waals surface area contributed by atoms with Crippen LogP contribution in [0.15, 0.2) is 40.7 Å². The molecule has 1 rings (SSSR count). The van der Waals surface area contributed by atoms with Crippen LogP contribution in [0.3, 0.4) is 0 Å². The van der Waals surface area contributed by atoms with Gasteiger partial charge in [0, 0.05) is 6.08 Å². The Morgan fingerprint density at radius 3 is 2.62 bits per heavy atom. The van der Waals surface area contributed by atoms with Crippen LogP contribution >= 0.6 is 0 Å². The maximum atomic E-state index is 11.9. The second-order valence-corrected chi connectivity index (χ2v) is 2.85. The highest BCUT2D eigenvalue weighted by Gasteiger charge is 2.31. The first kappa shape index (κ1) is 12.1. The summed E-state index contributed by atoms with van der Waals surface area (Å²) in [5.74, 6) is -0.487. The van der Waals surface area contributed by atoms with Crippen LogP contribution in [0.2, 0.25) is 0 Å². The molecule has 0 saturated heterocycles. The fraction of sp³-hybridized carbons (Fsp3) is 0.100. The highest BCUT2D eigenvalue weighted by Crippen LogP contribution is 2.21. The van der Waals surface area contributed by atoms with Gasteiger partial charge in [0.15, 0.2) is 5.78 Å². The number of hydrogen-bond donors (Lipinski definition) is 1. The third kappa shape index (κ3) is 3.64. The highest BCUT2D eigenvalue weighted by molar-refractivity contribution is 6.02. The first-order valence-corrected chi connectivity index (χ1v) is 4.19. The first-order chi connectivity index (χ1) is 7.39. The summed E-state index contributed by atoms with van der Waals surface area (Å²) in [4.78, 5) is 11.0. The van der Waals surface area contributed by atoms with Crippen LogP contribution in [0.4, 0.5) is 13.2 Å². The lowest BCUT2D eigenvalue weighted by molar-refractivity contribution is -0.112. The van der Waals surface area contributed by atoms with Gasteiger partial charge in [-0.2, -0.15) is 13.2 Å². The SMILES string of the molecule is NC(=CC(=O)C=Cc1ccco1)C(F)(F)F. The molecule has 6 heteroatoms. The van der Waals surface area contributed by atoms with Crippen molar-refractivity contribution in [3.05, 3.63) is 42.0 Å². The Morgan fingerprint density at radius 1 is 1.44 bits per heavy atom. The number of hydrogen-bond acceptors (Lipinski definition) is 3. The molecule has 0 fully saturated rings. The lowest BCUT2D eigenvalue weighted by Gasteiger charge is -2.04. The van der Waals surface area contributed by atoms with Gasteiger partial charge in [-0.3, -0.25) is 4.79 Å². The molecular weight excluding hydrogens is 223 g/mol. The van der Waals surface area contributed by atoms with E-state index in [2.05, 4.69) is 5.73 Å². The van der Waals surface area contributed by atoms with Gasteiger partial charge in [-0.05, 0) is 24.3 Å². The first-order valence-electron chi connectivity index (χ1n) is 4.19. The number of ketones is 1. The number of rotatable bonds is 3. The van der Waals surface area contributed by atoms with Gasteiger partial charge < -0.3 is 10.2 Å². The van der Waals surface area contributed by atoms with E-state index in [1.807, 2.05) is 0 Å². The zero-order valence-corrected chi connectivity index (χ0v) is 7.99. The van der Waals surface area contributed by atoms with Gasteiger partial charge in [0.1, 0.15) is 11.5 Å². The second-order valence-electron chi connectivity index (χ2n) is 2.85. The summed E-state index contributed by atoms with van der Waals surface area (Å²) in [5, 5.41) is 0. The van der Waals surface area contributed by atoms with Crippen molar-refractivity contribution in [1.29, 1.82) is 0 Å². The van der Waals surface area contributed by atoms with Crippen LogP contribution in [0, 0.1) is 0 Å². The molecule has 16 heavy (non-hydrogen) atoms. The standard InChI is InChI=1S/C10H8F3NO2/c11-10(12,13)9(14)6-7(15)3-4-8-2-1-5-16-8/h1-6H,14H2. The molecule has 2 N–H and O–H groups in total.